The number of rotatable bonds is 7. The number of para-hydroxylation sites is 1. The van der Waals surface area contributed by atoms with Crippen molar-refractivity contribution in [2.45, 2.75) is 26.2 Å². The van der Waals surface area contributed by atoms with Crippen LogP contribution in [-0.2, 0) is 9.53 Å². The first-order valence-corrected chi connectivity index (χ1v) is 11.4. The predicted octanol–water partition coefficient (Wildman–Crippen LogP) is 6.63. The van der Waals surface area contributed by atoms with Gasteiger partial charge in [-0.1, -0.05) is 56.3 Å². The molecular weight excluding hydrogens is 469 g/mol. The predicted molar refractivity (Wildman–Crippen MR) is 131 cm³/mol. The van der Waals surface area contributed by atoms with Crippen molar-refractivity contribution in [2.75, 3.05) is 11.9 Å². The second-order valence-corrected chi connectivity index (χ2v) is 8.35. The van der Waals surface area contributed by atoms with E-state index in [1.54, 1.807) is 30.3 Å². The first-order valence-electron chi connectivity index (χ1n) is 11.4. The fraction of sp³-hybridized carbons (Fsp3) is 0.179. The lowest BCUT2D eigenvalue weighted by atomic mass is 9.96. The second kappa shape index (κ2) is 10.6. The summed E-state index contributed by atoms with van der Waals surface area (Å²) in [6.45, 7) is 3.51. The van der Waals surface area contributed by atoms with Crippen LogP contribution < -0.4 is 5.32 Å². The fourth-order valence-corrected chi connectivity index (χ4v) is 3.73. The molecule has 0 fully saturated rings. The maximum absolute atomic E-state index is 13.8. The van der Waals surface area contributed by atoms with E-state index in [-0.39, 0.29) is 5.56 Å². The monoisotopic (exact) mass is 492 g/mol. The highest BCUT2D eigenvalue weighted by molar-refractivity contribution is 6.05. The van der Waals surface area contributed by atoms with Crippen molar-refractivity contribution >= 4 is 28.5 Å². The highest BCUT2D eigenvalue weighted by Gasteiger charge is 2.19. The maximum atomic E-state index is 13.8. The van der Waals surface area contributed by atoms with Gasteiger partial charge in [-0.05, 0) is 42.2 Å². The Bertz CT molecular complexity index is 1440. The van der Waals surface area contributed by atoms with Crippen LogP contribution in [0.2, 0.25) is 0 Å². The average Bonchev–Trinajstić information content (AvgIpc) is 2.91. The number of aromatic nitrogens is 1. The molecule has 0 aliphatic rings. The normalized spacial score (nSPS) is 11.8. The van der Waals surface area contributed by atoms with Gasteiger partial charge in [0.1, 0.15) is 0 Å². The standard InChI is InChI=1S/C28H23F3N2O3/c1-3-16(2)17-8-10-18(11-9-17)24-14-20(19-6-4-5-7-22(19)32-24)28(35)36-15-25(34)33-23-13-12-21(29)26(30)27(23)31/h4-14,16H,3,15H2,1-2H3,(H,33,34). The Morgan fingerprint density at radius 1 is 0.972 bits per heavy atom. The number of hydrogen-bond donors (Lipinski definition) is 1. The van der Waals surface area contributed by atoms with Gasteiger partial charge in [-0.2, -0.15) is 0 Å². The molecule has 0 aliphatic heterocycles. The lowest BCUT2D eigenvalue weighted by Crippen LogP contribution is -2.22. The molecule has 1 atom stereocenters. The molecule has 1 amide bonds. The quantitative estimate of drug-likeness (QED) is 0.232. The number of ether oxygens (including phenoxy) is 1. The number of anilines is 1. The molecule has 4 rings (SSSR count). The number of fused-ring (bicyclic) bond motifs is 1. The number of halogens is 3. The number of carbonyl (C=O) groups excluding carboxylic acids is 2. The molecule has 1 aromatic heterocycles. The van der Waals surface area contributed by atoms with Crippen LogP contribution in [0.5, 0.6) is 0 Å². The van der Waals surface area contributed by atoms with E-state index in [0.717, 1.165) is 18.1 Å². The van der Waals surface area contributed by atoms with E-state index in [4.69, 9.17) is 4.74 Å². The molecule has 1 unspecified atom stereocenters. The van der Waals surface area contributed by atoms with Crippen molar-refractivity contribution in [1.82, 2.24) is 4.98 Å². The summed E-state index contributed by atoms with van der Waals surface area (Å²) < 4.78 is 45.4. The van der Waals surface area contributed by atoms with E-state index in [9.17, 15) is 22.8 Å². The number of amides is 1. The summed E-state index contributed by atoms with van der Waals surface area (Å²) in [6, 6.07) is 18.1. The van der Waals surface area contributed by atoms with Gasteiger partial charge in [0.15, 0.2) is 24.1 Å². The molecule has 4 aromatic rings. The van der Waals surface area contributed by atoms with Gasteiger partial charge >= 0.3 is 5.97 Å². The highest BCUT2D eigenvalue weighted by atomic mass is 19.2. The summed E-state index contributed by atoms with van der Waals surface area (Å²) in [7, 11) is 0. The third-order valence-electron chi connectivity index (χ3n) is 5.97. The molecule has 0 aliphatic carbocycles. The minimum atomic E-state index is -1.71. The largest absolute Gasteiger partial charge is 0.452 e. The molecule has 184 valence electrons. The van der Waals surface area contributed by atoms with Gasteiger partial charge in [0.2, 0.25) is 0 Å². The molecule has 1 N–H and O–H groups in total. The molecule has 8 heteroatoms. The first-order chi connectivity index (χ1) is 17.3. The van der Waals surface area contributed by atoms with E-state index in [1.807, 2.05) is 24.3 Å². The van der Waals surface area contributed by atoms with E-state index >= 15 is 0 Å². The molecule has 1 heterocycles. The molecular formula is C28H23F3N2O3. The van der Waals surface area contributed by atoms with Crippen LogP contribution in [0.15, 0.2) is 66.7 Å². The molecule has 0 radical (unpaired) electrons. The minimum absolute atomic E-state index is 0.202. The van der Waals surface area contributed by atoms with Crippen molar-refractivity contribution in [1.29, 1.82) is 0 Å². The van der Waals surface area contributed by atoms with Crippen LogP contribution in [0.3, 0.4) is 0 Å². The highest BCUT2D eigenvalue weighted by Crippen LogP contribution is 2.28. The van der Waals surface area contributed by atoms with Crippen LogP contribution in [-0.4, -0.2) is 23.5 Å². The van der Waals surface area contributed by atoms with E-state index in [0.29, 0.717) is 28.6 Å². The number of carbonyl (C=O) groups is 2. The number of nitrogens with zero attached hydrogens (tertiary/aromatic N) is 1. The molecule has 0 saturated heterocycles. The summed E-state index contributed by atoms with van der Waals surface area (Å²) in [4.78, 5) is 29.8. The van der Waals surface area contributed by atoms with Crippen LogP contribution >= 0.6 is 0 Å². The number of hydrogen-bond acceptors (Lipinski definition) is 4. The Kier molecular flexibility index (Phi) is 7.33. The first kappa shape index (κ1) is 24.9. The number of pyridine rings is 1. The van der Waals surface area contributed by atoms with Gasteiger partial charge in [0.05, 0.1) is 22.5 Å². The van der Waals surface area contributed by atoms with Gasteiger partial charge in [0.25, 0.3) is 5.91 Å². The van der Waals surface area contributed by atoms with Crippen LogP contribution in [0.1, 0.15) is 42.1 Å². The zero-order chi connectivity index (χ0) is 25.8. The summed E-state index contributed by atoms with van der Waals surface area (Å²) >= 11 is 0. The molecule has 0 bridgehead atoms. The zero-order valence-corrected chi connectivity index (χ0v) is 19.6. The molecule has 0 saturated carbocycles. The van der Waals surface area contributed by atoms with E-state index < -0.39 is 41.6 Å². The summed E-state index contributed by atoms with van der Waals surface area (Å²) in [6.07, 6.45) is 1.01. The van der Waals surface area contributed by atoms with Gasteiger partial charge in [-0.15, -0.1) is 0 Å². The number of esters is 1. The van der Waals surface area contributed by atoms with E-state index in [1.165, 1.54) is 5.56 Å². The number of nitrogens with one attached hydrogen (secondary N) is 1. The third kappa shape index (κ3) is 5.22. The Morgan fingerprint density at radius 2 is 1.69 bits per heavy atom. The van der Waals surface area contributed by atoms with Crippen LogP contribution in [0, 0.1) is 17.5 Å². The van der Waals surface area contributed by atoms with Crippen LogP contribution in [0.25, 0.3) is 22.2 Å². The van der Waals surface area contributed by atoms with Gasteiger partial charge in [0, 0.05) is 10.9 Å². The van der Waals surface area contributed by atoms with Crippen molar-refractivity contribution in [3.63, 3.8) is 0 Å². The topological polar surface area (TPSA) is 68.3 Å². The van der Waals surface area contributed by atoms with Crippen molar-refractivity contribution in [2.24, 2.45) is 0 Å². The lowest BCUT2D eigenvalue weighted by Gasteiger charge is -2.12. The number of benzene rings is 3. The maximum Gasteiger partial charge on any atom is 0.339 e. The lowest BCUT2D eigenvalue weighted by molar-refractivity contribution is -0.119. The summed E-state index contributed by atoms with van der Waals surface area (Å²) in [5, 5.41) is 2.61. The van der Waals surface area contributed by atoms with Gasteiger partial charge < -0.3 is 10.1 Å². The smallest absolute Gasteiger partial charge is 0.339 e. The van der Waals surface area contributed by atoms with Gasteiger partial charge in [-0.25, -0.2) is 22.9 Å². The Labute approximate surface area is 205 Å². The van der Waals surface area contributed by atoms with E-state index in [2.05, 4.69) is 24.1 Å². The minimum Gasteiger partial charge on any atom is -0.452 e. The molecule has 5 nitrogen and oxygen atoms in total. The Hall–Kier alpha value is -4.20. The third-order valence-corrected chi connectivity index (χ3v) is 5.97. The molecule has 3 aromatic carbocycles. The molecule has 0 spiro atoms. The molecule has 36 heavy (non-hydrogen) atoms. The SMILES string of the molecule is CCC(C)c1ccc(-c2cc(C(=O)OCC(=O)Nc3ccc(F)c(F)c3F)c3ccccc3n2)cc1. The van der Waals surface area contributed by atoms with Crippen molar-refractivity contribution in [3.8, 4) is 11.3 Å². The Balaban J connectivity index is 1.55. The summed E-state index contributed by atoms with van der Waals surface area (Å²) in [5.41, 5.74) is 2.78. The van der Waals surface area contributed by atoms with Crippen molar-refractivity contribution < 1.29 is 27.5 Å². The average molecular weight is 492 g/mol. The summed E-state index contributed by atoms with van der Waals surface area (Å²) in [5.74, 6) is -5.91. The fourth-order valence-electron chi connectivity index (χ4n) is 3.73. The van der Waals surface area contributed by atoms with Crippen molar-refractivity contribution in [3.05, 3.63) is 95.3 Å². The zero-order valence-electron chi connectivity index (χ0n) is 19.6. The Morgan fingerprint density at radius 3 is 2.42 bits per heavy atom. The van der Waals surface area contributed by atoms with Gasteiger partial charge in [-0.3, -0.25) is 4.79 Å². The van der Waals surface area contributed by atoms with Crippen LogP contribution in [0.4, 0.5) is 18.9 Å². The second-order valence-electron chi connectivity index (χ2n) is 8.35.